The van der Waals surface area contributed by atoms with Gasteiger partial charge in [-0.2, -0.15) is 15.1 Å². The molecule has 0 spiro atoms. The van der Waals surface area contributed by atoms with Gasteiger partial charge in [-0.1, -0.05) is 0 Å². The van der Waals surface area contributed by atoms with Gasteiger partial charge in [0.25, 0.3) is 0 Å². The van der Waals surface area contributed by atoms with Crippen LogP contribution in [0.25, 0.3) is 11.2 Å². The molecule has 3 heterocycles. The van der Waals surface area contributed by atoms with E-state index in [1.165, 1.54) is 6.33 Å². The molecule has 0 aliphatic rings. The molecule has 34 heavy (non-hydrogen) atoms. The second-order valence-electron chi connectivity index (χ2n) is 7.59. The van der Waals surface area contributed by atoms with E-state index in [0.29, 0.717) is 40.7 Å². The molecule has 4 rings (SSSR count). The number of nitrogens with two attached hydrogens (primary N) is 1. The Hall–Kier alpha value is -4.20. The number of nitrogen functional groups attached to an aromatic ring is 1. The van der Waals surface area contributed by atoms with E-state index in [1.54, 1.807) is 39.6 Å². The highest BCUT2D eigenvalue weighted by Gasteiger charge is 2.16. The lowest BCUT2D eigenvalue weighted by Crippen LogP contribution is -2.20. The number of amides is 1. The fourth-order valence-electron chi connectivity index (χ4n) is 3.36. The van der Waals surface area contributed by atoms with Crippen molar-refractivity contribution in [2.24, 2.45) is 0 Å². The van der Waals surface area contributed by atoms with Gasteiger partial charge in [0.1, 0.15) is 12.4 Å². The van der Waals surface area contributed by atoms with Gasteiger partial charge in [-0.3, -0.25) is 9.52 Å². The summed E-state index contributed by atoms with van der Waals surface area (Å²) < 4.78 is 28.4. The minimum absolute atomic E-state index is 0.00667. The number of carbonyl (C=O) groups excluding carboxylic acids is 1. The van der Waals surface area contributed by atoms with Crippen molar-refractivity contribution in [3.05, 3.63) is 42.4 Å². The molecule has 3 aromatic heterocycles. The topological polar surface area (TPSA) is 175 Å². The van der Waals surface area contributed by atoms with Gasteiger partial charge >= 0.3 is 0 Å². The summed E-state index contributed by atoms with van der Waals surface area (Å²) in [6, 6.07) is 8.38. The molecule has 0 aliphatic carbocycles. The van der Waals surface area contributed by atoms with Crippen LogP contribution in [0.3, 0.4) is 0 Å². The van der Waals surface area contributed by atoms with Gasteiger partial charge in [0.15, 0.2) is 17.0 Å². The molecule has 0 unspecified atom stereocenters. The molecule has 4 aromatic rings. The Bertz CT molecular complexity index is 1460. The highest BCUT2D eigenvalue weighted by Crippen LogP contribution is 2.25. The van der Waals surface area contributed by atoms with Gasteiger partial charge in [0.2, 0.25) is 21.9 Å². The van der Waals surface area contributed by atoms with Gasteiger partial charge in [0.05, 0.1) is 18.3 Å². The van der Waals surface area contributed by atoms with Crippen molar-refractivity contribution < 1.29 is 13.2 Å². The van der Waals surface area contributed by atoms with E-state index in [2.05, 4.69) is 35.4 Å². The van der Waals surface area contributed by atoms with Crippen molar-refractivity contribution in [1.29, 1.82) is 0 Å². The number of hydrogen-bond donors (Lipinski definition) is 4. The van der Waals surface area contributed by atoms with Crippen LogP contribution in [0.1, 0.15) is 12.6 Å². The minimum atomic E-state index is -3.37. The lowest BCUT2D eigenvalue weighted by molar-refractivity contribution is -0.116. The van der Waals surface area contributed by atoms with Crippen LogP contribution in [0.2, 0.25) is 0 Å². The third kappa shape index (κ3) is 5.23. The number of nitrogens with one attached hydrogen (secondary N) is 3. The fraction of sp³-hybridized carbons (Fsp3) is 0.250. The number of hydrogen-bond acceptors (Lipinski definition) is 9. The van der Waals surface area contributed by atoms with Crippen molar-refractivity contribution in [2.45, 2.75) is 26.9 Å². The number of benzene rings is 1. The van der Waals surface area contributed by atoms with Crippen LogP contribution in [0.5, 0.6) is 0 Å². The number of aromatic nitrogens is 6. The first-order valence-electron chi connectivity index (χ1n) is 10.3. The van der Waals surface area contributed by atoms with E-state index in [1.807, 2.05) is 13.8 Å². The summed E-state index contributed by atoms with van der Waals surface area (Å²) in [6.07, 6.45) is 2.57. The third-order valence-corrected chi connectivity index (χ3v) is 5.32. The molecule has 0 aliphatic heterocycles. The van der Waals surface area contributed by atoms with E-state index < -0.39 is 10.0 Å². The number of rotatable bonds is 8. The van der Waals surface area contributed by atoms with E-state index in [9.17, 15) is 13.2 Å². The number of sulfonamides is 1. The summed E-state index contributed by atoms with van der Waals surface area (Å²) >= 11 is 0. The smallest absolute Gasteiger partial charge is 0.245 e. The fourth-order valence-corrected chi connectivity index (χ4v) is 3.92. The van der Waals surface area contributed by atoms with Gasteiger partial charge in [-0.25, -0.2) is 18.1 Å². The Balaban J connectivity index is 1.54. The largest absolute Gasteiger partial charge is 0.368 e. The lowest BCUT2D eigenvalue weighted by Gasteiger charge is -2.10. The Labute approximate surface area is 195 Å². The van der Waals surface area contributed by atoms with Crippen molar-refractivity contribution in [3.63, 3.8) is 0 Å². The van der Waals surface area contributed by atoms with Crippen LogP contribution >= 0.6 is 0 Å². The summed E-state index contributed by atoms with van der Waals surface area (Å²) in [4.78, 5) is 25.5. The first-order chi connectivity index (χ1) is 16.1. The average Bonchev–Trinajstić information content (AvgIpc) is 3.31. The normalized spacial score (nSPS) is 11.5. The first kappa shape index (κ1) is 23.0. The highest BCUT2D eigenvalue weighted by atomic mass is 32.2. The number of imidazole rings is 1. The minimum Gasteiger partial charge on any atom is -0.368 e. The number of aryl methyl sites for hydroxylation is 2. The maximum Gasteiger partial charge on any atom is 0.245 e. The molecular weight excluding hydrogens is 460 g/mol. The Kier molecular flexibility index (Phi) is 6.06. The summed E-state index contributed by atoms with van der Waals surface area (Å²) in [5.41, 5.74) is 8.58. The van der Waals surface area contributed by atoms with Crippen LogP contribution in [0.15, 0.2) is 36.7 Å². The molecule has 1 aromatic carbocycles. The van der Waals surface area contributed by atoms with Crippen LogP contribution in [-0.4, -0.2) is 49.9 Å². The zero-order chi connectivity index (χ0) is 24.5. The van der Waals surface area contributed by atoms with Gasteiger partial charge < -0.3 is 20.9 Å². The Morgan fingerprint density at radius 3 is 2.53 bits per heavy atom. The van der Waals surface area contributed by atoms with Crippen LogP contribution in [0.4, 0.5) is 29.0 Å². The second-order valence-corrected chi connectivity index (χ2v) is 9.34. The lowest BCUT2D eigenvalue weighted by atomic mass is 10.3. The zero-order valence-electron chi connectivity index (χ0n) is 18.8. The van der Waals surface area contributed by atoms with Gasteiger partial charge in [-0.05, 0) is 38.1 Å². The van der Waals surface area contributed by atoms with Gasteiger partial charge in [0, 0.05) is 24.0 Å². The molecule has 178 valence electrons. The molecule has 0 saturated heterocycles. The monoisotopic (exact) mass is 484 g/mol. The standard InChI is InChI=1S/C20H24N10O3S/c1-4-30-15(9-12(2)27-30)24-16(31)10-29-11-22-17-18(25-20(21)26-19(17)29)23-13-5-7-14(8-6-13)28-34(3,32)33/h5-9,11,28H,4,10H2,1-3H3,(H,24,31)(H3,21,23,25,26). The van der Waals surface area contributed by atoms with Crippen molar-refractivity contribution in [3.8, 4) is 0 Å². The molecule has 13 nitrogen and oxygen atoms in total. The predicted molar refractivity (Wildman–Crippen MR) is 129 cm³/mol. The summed E-state index contributed by atoms with van der Waals surface area (Å²) in [6.45, 7) is 4.39. The van der Waals surface area contributed by atoms with E-state index in [-0.39, 0.29) is 18.4 Å². The first-order valence-corrected chi connectivity index (χ1v) is 12.2. The predicted octanol–water partition coefficient (Wildman–Crippen LogP) is 1.69. The zero-order valence-corrected chi connectivity index (χ0v) is 19.6. The molecule has 0 atom stereocenters. The van der Waals surface area contributed by atoms with Crippen LogP contribution in [0, 0.1) is 6.92 Å². The summed E-state index contributed by atoms with van der Waals surface area (Å²) in [5.74, 6) is 0.701. The van der Waals surface area contributed by atoms with Gasteiger partial charge in [-0.15, -0.1) is 0 Å². The Morgan fingerprint density at radius 2 is 1.85 bits per heavy atom. The maximum absolute atomic E-state index is 12.7. The molecule has 0 radical (unpaired) electrons. The van der Waals surface area contributed by atoms with Crippen LogP contribution in [-0.2, 0) is 27.9 Å². The van der Waals surface area contributed by atoms with Crippen molar-refractivity contribution in [1.82, 2.24) is 29.3 Å². The van der Waals surface area contributed by atoms with E-state index in [0.717, 1.165) is 11.9 Å². The Morgan fingerprint density at radius 1 is 1.15 bits per heavy atom. The van der Waals surface area contributed by atoms with Crippen molar-refractivity contribution >= 4 is 56.1 Å². The average molecular weight is 485 g/mol. The third-order valence-electron chi connectivity index (χ3n) is 4.72. The number of carbonyl (C=O) groups is 1. The molecular formula is C20H24N10O3S. The van der Waals surface area contributed by atoms with E-state index in [4.69, 9.17) is 5.73 Å². The van der Waals surface area contributed by atoms with Crippen LogP contribution < -0.4 is 21.1 Å². The molecule has 1 amide bonds. The molecule has 0 bridgehead atoms. The van der Waals surface area contributed by atoms with E-state index >= 15 is 0 Å². The molecule has 0 fully saturated rings. The number of anilines is 5. The maximum atomic E-state index is 12.7. The summed E-state index contributed by atoms with van der Waals surface area (Å²) in [5, 5.41) is 10.3. The molecule has 0 saturated carbocycles. The highest BCUT2D eigenvalue weighted by molar-refractivity contribution is 7.92. The molecule has 14 heteroatoms. The SMILES string of the molecule is CCn1nc(C)cc1NC(=O)Cn1cnc2c(Nc3ccc(NS(C)(=O)=O)cc3)nc(N)nc21. The summed E-state index contributed by atoms with van der Waals surface area (Å²) in [7, 11) is -3.37. The quantitative estimate of drug-likeness (QED) is 0.290. The number of fused-ring (bicyclic) bond motifs is 1. The van der Waals surface area contributed by atoms with Crippen molar-refractivity contribution in [2.75, 3.05) is 27.3 Å². The molecule has 5 N–H and O–H groups in total. The number of nitrogens with zero attached hydrogens (tertiary/aromatic N) is 6. The second kappa shape index (κ2) is 8.97.